The molecule has 2 fully saturated rings. The van der Waals surface area contributed by atoms with Crippen LogP contribution in [0.5, 0.6) is 0 Å². The van der Waals surface area contributed by atoms with E-state index in [-0.39, 0.29) is 43.1 Å². The molecule has 1 saturated carbocycles. The number of hydrogen-bond acceptors (Lipinski definition) is 5. The number of ether oxygens (including phenoxy) is 2. The molecule has 8 heteroatoms. The lowest BCUT2D eigenvalue weighted by Crippen LogP contribution is -2.52. The average Bonchev–Trinajstić information content (AvgIpc) is 3.60. The Balaban J connectivity index is 1.08. The van der Waals surface area contributed by atoms with E-state index < -0.39 is 17.7 Å². The predicted molar refractivity (Wildman–Crippen MR) is 128 cm³/mol. The van der Waals surface area contributed by atoms with E-state index in [1.54, 1.807) is 4.90 Å². The van der Waals surface area contributed by atoms with Gasteiger partial charge in [0.15, 0.2) is 5.60 Å². The summed E-state index contributed by atoms with van der Waals surface area (Å²) in [5.74, 6) is -1.00. The molecular formula is C27H30N2O6. The summed E-state index contributed by atoms with van der Waals surface area (Å²) in [6.07, 6.45) is 0.794. The van der Waals surface area contributed by atoms with Crippen LogP contribution in [0.15, 0.2) is 48.5 Å². The second-order valence-electron chi connectivity index (χ2n) is 9.64. The average molecular weight is 479 g/mol. The number of nitrogens with zero attached hydrogens (tertiary/aromatic N) is 1. The van der Waals surface area contributed by atoms with Crippen molar-refractivity contribution in [3.8, 4) is 11.1 Å². The molecule has 0 unspecified atom stereocenters. The van der Waals surface area contributed by atoms with Gasteiger partial charge in [0.1, 0.15) is 6.61 Å². The third-order valence-electron chi connectivity index (χ3n) is 7.76. The van der Waals surface area contributed by atoms with Gasteiger partial charge in [-0.25, -0.2) is 9.59 Å². The predicted octanol–water partition coefficient (Wildman–Crippen LogP) is 3.25. The Kier molecular flexibility index (Phi) is 6.23. The van der Waals surface area contributed by atoms with Crippen LogP contribution in [0, 0.1) is 11.8 Å². The Morgan fingerprint density at radius 2 is 1.63 bits per heavy atom. The molecule has 2 aliphatic carbocycles. The normalized spacial score (nSPS) is 22.1. The Labute approximate surface area is 204 Å². The van der Waals surface area contributed by atoms with Crippen molar-refractivity contribution in [2.24, 2.45) is 11.8 Å². The number of carboxylic acids is 1. The van der Waals surface area contributed by atoms with E-state index in [0.29, 0.717) is 26.1 Å². The van der Waals surface area contributed by atoms with E-state index in [1.807, 2.05) is 24.3 Å². The van der Waals surface area contributed by atoms with E-state index in [4.69, 9.17) is 9.47 Å². The maximum absolute atomic E-state index is 12.8. The number of carbonyl (C=O) groups is 3. The maximum atomic E-state index is 12.8. The summed E-state index contributed by atoms with van der Waals surface area (Å²) in [4.78, 5) is 38.4. The lowest BCUT2D eigenvalue weighted by Gasteiger charge is -2.37. The summed E-state index contributed by atoms with van der Waals surface area (Å²) in [5, 5.41) is 12.2. The van der Waals surface area contributed by atoms with Crippen molar-refractivity contribution in [3.63, 3.8) is 0 Å². The molecule has 3 aliphatic rings. The SMILES string of the molecule is COC1(C(=O)O)CCN(C(=O)[C@@H]2C[C@@H]2CNC(=O)OCC2c3ccccc3-c3ccccc32)CC1. The number of aliphatic carboxylic acids is 1. The number of rotatable bonds is 7. The molecule has 2 N–H and O–H groups in total. The zero-order valence-electron chi connectivity index (χ0n) is 19.7. The van der Waals surface area contributed by atoms with Crippen molar-refractivity contribution >= 4 is 18.0 Å². The van der Waals surface area contributed by atoms with Gasteiger partial charge in [0.05, 0.1) is 0 Å². The molecule has 1 aliphatic heterocycles. The number of benzene rings is 2. The highest BCUT2D eigenvalue weighted by Crippen LogP contribution is 2.44. The van der Waals surface area contributed by atoms with E-state index in [1.165, 1.54) is 18.2 Å². The topological polar surface area (TPSA) is 105 Å². The van der Waals surface area contributed by atoms with Crippen LogP contribution in [-0.4, -0.2) is 66.9 Å². The van der Waals surface area contributed by atoms with Crippen LogP contribution in [0.4, 0.5) is 4.79 Å². The lowest BCUT2D eigenvalue weighted by molar-refractivity contribution is -0.170. The molecule has 8 nitrogen and oxygen atoms in total. The van der Waals surface area contributed by atoms with Gasteiger partial charge in [-0.1, -0.05) is 48.5 Å². The van der Waals surface area contributed by atoms with Crippen LogP contribution in [0.1, 0.15) is 36.3 Å². The molecule has 2 atom stereocenters. The third-order valence-corrected chi connectivity index (χ3v) is 7.76. The Hall–Kier alpha value is -3.39. The zero-order chi connectivity index (χ0) is 24.6. The number of hydrogen-bond donors (Lipinski definition) is 2. The fourth-order valence-corrected chi connectivity index (χ4v) is 5.47. The standard InChI is InChI=1S/C27H30N2O6/c1-34-27(25(31)32)10-12-29(13-11-27)24(30)22-14-17(22)15-28-26(33)35-16-23-20-8-4-2-6-18(20)19-7-3-5-9-21(19)23/h2-9,17,22-23H,10-16H2,1H3,(H,28,33)(H,31,32)/t17-,22-/m1/s1. The Morgan fingerprint density at radius 3 is 2.20 bits per heavy atom. The molecular weight excluding hydrogens is 448 g/mol. The van der Waals surface area contributed by atoms with Gasteiger partial charge < -0.3 is 24.8 Å². The molecule has 0 bridgehead atoms. The minimum atomic E-state index is -1.20. The first-order valence-corrected chi connectivity index (χ1v) is 12.1. The van der Waals surface area contributed by atoms with E-state index in [9.17, 15) is 19.5 Å². The van der Waals surface area contributed by atoms with Crippen LogP contribution in [0.25, 0.3) is 11.1 Å². The number of nitrogens with one attached hydrogen (secondary N) is 1. The summed E-state index contributed by atoms with van der Waals surface area (Å²) < 4.78 is 10.8. The molecule has 5 rings (SSSR count). The molecule has 35 heavy (non-hydrogen) atoms. The van der Waals surface area contributed by atoms with Gasteiger partial charge in [-0.3, -0.25) is 4.79 Å². The van der Waals surface area contributed by atoms with Crippen LogP contribution in [0.2, 0.25) is 0 Å². The Bertz CT molecular complexity index is 1090. The van der Waals surface area contributed by atoms with Gasteiger partial charge in [0.25, 0.3) is 0 Å². The molecule has 0 spiro atoms. The lowest BCUT2D eigenvalue weighted by atomic mass is 9.91. The van der Waals surface area contributed by atoms with E-state index >= 15 is 0 Å². The molecule has 0 aromatic heterocycles. The van der Waals surface area contributed by atoms with Gasteiger partial charge in [-0.15, -0.1) is 0 Å². The van der Waals surface area contributed by atoms with Gasteiger partial charge in [0.2, 0.25) is 5.91 Å². The molecule has 0 radical (unpaired) electrons. The summed E-state index contributed by atoms with van der Waals surface area (Å²) in [6, 6.07) is 16.4. The highest BCUT2D eigenvalue weighted by atomic mass is 16.5. The second-order valence-corrected chi connectivity index (χ2v) is 9.64. The number of carboxylic acid groups (broad SMARTS) is 1. The highest BCUT2D eigenvalue weighted by Gasteiger charge is 2.48. The second kappa shape index (κ2) is 9.34. The summed E-state index contributed by atoms with van der Waals surface area (Å²) in [5.41, 5.74) is 3.49. The van der Waals surface area contributed by atoms with Crippen molar-refractivity contribution in [1.29, 1.82) is 0 Å². The van der Waals surface area contributed by atoms with E-state index in [2.05, 4.69) is 29.6 Å². The number of piperidine rings is 1. The maximum Gasteiger partial charge on any atom is 0.407 e. The fourth-order valence-electron chi connectivity index (χ4n) is 5.47. The first-order valence-electron chi connectivity index (χ1n) is 12.1. The van der Waals surface area contributed by atoms with Crippen molar-refractivity contribution in [2.45, 2.75) is 30.8 Å². The summed E-state index contributed by atoms with van der Waals surface area (Å²) in [6.45, 7) is 1.37. The van der Waals surface area contributed by atoms with Gasteiger partial charge in [0, 0.05) is 51.4 Å². The fraction of sp³-hybridized carbons (Fsp3) is 0.444. The van der Waals surface area contributed by atoms with Gasteiger partial charge in [-0.2, -0.15) is 0 Å². The van der Waals surface area contributed by atoms with Crippen molar-refractivity contribution < 1.29 is 29.0 Å². The Morgan fingerprint density at radius 1 is 1.03 bits per heavy atom. The molecule has 1 saturated heterocycles. The first kappa shape index (κ1) is 23.4. The quantitative estimate of drug-likeness (QED) is 0.633. The monoisotopic (exact) mass is 478 g/mol. The number of fused-ring (bicyclic) bond motifs is 3. The number of likely N-dealkylation sites (tertiary alicyclic amines) is 1. The summed E-state index contributed by atoms with van der Waals surface area (Å²) >= 11 is 0. The van der Waals surface area contributed by atoms with Crippen LogP contribution >= 0.6 is 0 Å². The highest BCUT2D eigenvalue weighted by molar-refractivity contribution is 5.83. The number of carbonyl (C=O) groups excluding carboxylic acids is 2. The van der Waals surface area contributed by atoms with Gasteiger partial charge in [-0.05, 0) is 34.6 Å². The molecule has 2 amide bonds. The van der Waals surface area contributed by atoms with Gasteiger partial charge >= 0.3 is 12.1 Å². The minimum Gasteiger partial charge on any atom is -0.479 e. The molecule has 2 aromatic rings. The number of amides is 2. The summed E-state index contributed by atoms with van der Waals surface area (Å²) in [7, 11) is 1.40. The smallest absolute Gasteiger partial charge is 0.407 e. The van der Waals surface area contributed by atoms with Crippen molar-refractivity contribution in [1.82, 2.24) is 10.2 Å². The van der Waals surface area contributed by atoms with Crippen LogP contribution in [0.3, 0.4) is 0 Å². The number of alkyl carbamates (subject to hydrolysis) is 1. The van der Waals surface area contributed by atoms with Crippen LogP contribution < -0.4 is 5.32 Å². The van der Waals surface area contributed by atoms with E-state index in [0.717, 1.165) is 11.1 Å². The van der Waals surface area contributed by atoms with Crippen LogP contribution in [-0.2, 0) is 19.1 Å². The zero-order valence-corrected chi connectivity index (χ0v) is 19.7. The van der Waals surface area contributed by atoms with Crippen molar-refractivity contribution in [2.75, 3.05) is 33.4 Å². The largest absolute Gasteiger partial charge is 0.479 e. The number of methoxy groups -OCH3 is 1. The molecule has 184 valence electrons. The first-order chi connectivity index (χ1) is 16.9. The van der Waals surface area contributed by atoms with Crippen molar-refractivity contribution in [3.05, 3.63) is 59.7 Å². The molecule has 1 heterocycles. The third kappa shape index (κ3) is 4.38. The minimum absolute atomic E-state index is 0.00697. The molecule has 2 aromatic carbocycles.